The van der Waals surface area contributed by atoms with Crippen molar-refractivity contribution in [1.29, 1.82) is 5.26 Å². The van der Waals surface area contributed by atoms with Crippen molar-refractivity contribution in [3.05, 3.63) is 54.0 Å². The highest BCUT2D eigenvalue weighted by Crippen LogP contribution is 2.15. The van der Waals surface area contributed by atoms with E-state index in [1.54, 1.807) is 12.1 Å². The molecular weight excluding hydrogens is 244 g/mol. The van der Waals surface area contributed by atoms with E-state index in [1.807, 2.05) is 6.07 Å². The summed E-state index contributed by atoms with van der Waals surface area (Å²) in [6.45, 7) is 0. The largest absolute Gasteiger partial charge is 0.508 e. The third-order valence-electron chi connectivity index (χ3n) is 2.32. The van der Waals surface area contributed by atoms with E-state index >= 15 is 0 Å². The quantitative estimate of drug-likeness (QED) is 0.500. The van der Waals surface area contributed by atoms with Crippen LogP contribution in [0.15, 0.2) is 52.7 Å². The minimum atomic E-state index is -0.537. The summed E-state index contributed by atoms with van der Waals surface area (Å²) < 4.78 is 5.04. The molecule has 0 aliphatic rings. The van der Waals surface area contributed by atoms with Crippen LogP contribution in [0.5, 0.6) is 5.75 Å². The molecule has 0 atom stereocenters. The molecule has 0 aliphatic heterocycles. The van der Waals surface area contributed by atoms with Gasteiger partial charge >= 0.3 is 0 Å². The summed E-state index contributed by atoms with van der Waals surface area (Å²) in [6.07, 6.45) is 2.81. The van der Waals surface area contributed by atoms with E-state index in [9.17, 15) is 4.79 Å². The van der Waals surface area contributed by atoms with Crippen molar-refractivity contribution in [3.63, 3.8) is 0 Å². The number of hydrogen-bond acceptors (Lipinski definition) is 4. The van der Waals surface area contributed by atoms with Crippen molar-refractivity contribution in [2.24, 2.45) is 0 Å². The lowest BCUT2D eigenvalue weighted by molar-refractivity contribution is -0.112. The SMILES string of the molecule is N#CC(=Cc1ccco1)C(=O)Nc1ccc(O)cc1. The number of aromatic hydroxyl groups is 1. The van der Waals surface area contributed by atoms with E-state index in [4.69, 9.17) is 14.8 Å². The summed E-state index contributed by atoms with van der Waals surface area (Å²) in [5.74, 6) is -0.00775. The van der Waals surface area contributed by atoms with Gasteiger partial charge in [-0.05, 0) is 36.4 Å². The average Bonchev–Trinajstić information content (AvgIpc) is 2.91. The topological polar surface area (TPSA) is 86.3 Å². The van der Waals surface area contributed by atoms with Gasteiger partial charge < -0.3 is 14.8 Å². The summed E-state index contributed by atoms with van der Waals surface area (Å²) >= 11 is 0. The zero-order valence-electron chi connectivity index (χ0n) is 9.83. The second-order valence-electron chi connectivity index (χ2n) is 3.69. The minimum Gasteiger partial charge on any atom is -0.508 e. The summed E-state index contributed by atoms with van der Waals surface area (Å²) in [4.78, 5) is 11.8. The number of hydrogen-bond donors (Lipinski definition) is 2. The van der Waals surface area contributed by atoms with E-state index in [0.29, 0.717) is 11.4 Å². The number of rotatable bonds is 3. The molecule has 19 heavy (non-hydrogen) atoms. The van der Waals surface area contributed by atoms with Gasteiger partial charge in [-0.15, -0.1) is 0 Å². The minimum absolute atomic E-state index is 0.0666. The van der Waals surface area contributed by atoms with Gasteiger partial charge in [-0.1, -0.05) is 0 Å². The molecule has 2 rings (SSSR count). The molecule has 5 heteroatoms. The Labute approximate surface area is 109 Å². The molecule has 2 N–H and O–H groups in total. The number of nitrogens with zero attached hydrogens (tertiary/aromatic N) is 1. The molecule has 0 spiro atoms. The zero-order chi connectivity index (χ0) is 13.7. The van der Waals surface area contributed by atoms with Crippen LogP contribution in [0.2, 0.25) is 0 Å². The third-order valence-corrected chi connectivity index (χ3v) is 2.32. The van der Waals surface area contributed by atoms with Crippen molar-refractivity contribution in [2.75, 3.05) is 5.32 Å². The maximum Gasteiger partial charge on any atom is 0.266 e. The fourth-order valence-electron chi connectivity index (χ4n) is 1.41. The second-order valence-corrected chi connectivity index (χ2v) is 3.69. The molecule has 0 bridgehead atoms. The Morgan fingerprint density at radius 2 is 2.05 bits per heavy atom. The molecular formula is C14H10N2O3. The number of anilines is 1. The van der Waals surface area contributed by atoms with Crippen LogP contribution in [0, 0.1) is 11.3 Å². The Balaban J connectivity index is 2.14. The Kier molecular flexibility index (Phi) is 3.64. The molecule has 94 valence electrons. The number of phenolic OH excluding ortho intramolecular Hbond substituents is 1. The van der Waals surface area contributed by atoms with Gasteiger partial charge in [-0.25, -0.2) is 0 Å². The van der Waals surface area contributed by atoms with E-state index in [-0.39, 0.29) is 11.3 Å². The second kappa shape index (κ2) is 5.56. The highest BCUT2D eigenvalue weighted by Gasteiger charge is 2.10. The van der Waals surface area contributed by atoms with Crippen LogP contribution in [-0.2, 0) is 4.79 Å². The smallest absolute Gasteiger partial charge is 0.266 e. The summed E-state index contributed by atoms with van der Waals surface area (Å²) in [6, 6.07) is 11.1. The van der Waals surface area contributed by atoms with E-state index in [0.717, 1.165) is 0 Å². The average molecular weight is 254 g/mol. The lowest BCUT2D eigenvalue weighted by atomic mass is 10.2. The van der Waals surface area contributed by atoms with E-state index < -0.39 is 5.91 Å². The number of nitrogens with one attached hydrogen (secondary N) is 1. The van der Waals surface area contributed by atoms with Crippen LogP contribution < -0.4 is 5.32 Å². The first-order valence-corrected chi connectivity index (χ1v) is 5.45. The van der Waals surface area contributed by atoms with Crippen molar-refractivity contribution in [3.8, 4) is 11.8 Å². The maximum atomic E-state index is 11.8. The molecule has 0 radical (unpaired) electrons. The number of furan rings is 1. The van der Waals surface area contributed by atoms with Gasteiger partial charge in [-0.2, -0.15) is 5.26 Å². The molecule has 0 aliphatic carbocycles. The first-order chi connectivity index (χ1) is 9.19. The first-order valence-electron chi connectivity index (χ1n) is 5.45. The summed E-state index contributed by atoms with van der Waals surface area (Å²) in [7, 11) is 0. The maximum absolute atomic E-state index is 11.8. The molecule has 5 nitrogen and oxygen atoms in total. The number of phenols is 1. The number of amides is 1. The Morgan fingerprint density at radius 3 is 2.63 bits per heavy atom. The fourth-order valence-corrected chi connectivity index (χ4v) is 1.41. The van der Waals surface area contributed by atoms with Crippen LogP contribution in [0.3, 0.4) is 0 Å². The standard InChI is InChI=1S/C14H10N2O3/c15-9-10(8-13-2-1-7-19-13)14(18)16-11-3-5-12(17)6-4-11/h1-8,17H,(H,16,18). The molecule has 1 heterocycles. The van der Waals surface area contributed by atoms with Crippen LogP contribution in [-0.4, -0.2) is 11.0 Å². The van der Waals surface area contributed by atoms with Crippen molar-refractivity contribution in [1.82, 2.24) is 0 Å². The van der Waals surface area contributed by atoms with Gasteiger partial charge in [0, 0.05) is 11.8 Å². The zero-order valence-corrected chi connectivity index (χ0v) is 9.83. The van der Waals surface area contributed by atoms with Gasteiger partial charge in [-0.3, -0.25) is 4.79 Å². The van der Waals surface area contributed by atoms with Gasteiger partial charge in [0.1, 0.15) is 23.2 Å². The van der Waals surface area contributed by atoms with E-state index in [2.05, 4.69) is 5.32 Å². The monoisotopic (exact) mass is 254 g/mol. The highest BCUT2D eigenvalue weighted by atomic mass is 16.3. The molecule has 1 amide bonds. The fraction of sp³-hybridized carbons (Fsp3) is 0. The van der Waals surface area contributed by atoms with Gasteiger partial charge in [0.15, 0.2) is 0 Å². The summed E-state index contributed by atoms with van der Waals surface area (Å²) in [5, 5.41) is 20.6. The molecule has 0 saturated heterocycles. The lowest BCUT2D eigenvalue weighted by Crippen LogP contribution is -2.13. The Bertz CT molecular complexity index is 634. The number of carbonyl (C=O) groups excluding carboxylic acids is 1. The predicted octanol–water partition coefficient (Wildman–Crippen LogP) is 2.53. The highest BCUT2D eigenvalue weighted by molar-refractivity contribution is 6.09. The molecule has 2 aromatic rings. The van der Waals surface area contributed by atoms with Gasteiger partial charge in [0.2, 0.25) is 0 Å². The van der Waals surface area contributed by atoms with Crippen molar-refractivity contribution >= 4 is 17.7 Å². The number of nitriles is 1. The lowest BCUT2D eigenvalue weighted by Gasteiger charge is -2.03. The number of carbonyl (C=O) groups is 1. The van der Waals surface area contributed by atoms with E-state index in [1.165, 1.54) is 36.6 Å². The van der Waals surface area contributed by atoms with Crippen LogP contribution >= 0.6 is 0 Å². The molecule has 1 aromatic carbocycles. The molecule has 0 unspecified atom stereocenters. The molecule has 0 fully saturated rings. The number of benzene rings is 1. The Morgan fingerprint density at radius 1 is 1.32 bits per heavy atom. The predicted molar refractivity (Wildman–Crippen MR) is 69.0 cm³/mol. The van der Waals surface area contributed by atoms with Gasteiger partial charge in [0.05, 0.1) is 6.26 Å². The third kappa shape index (κ3) is 3.23. The van der Waals surface area contributed by atoms with Crippen molar-refractivity contribution < 1.29 is 14.3 Å². The normalized spacial score (nSPS) is 10.8. The van der Waals surface area contributed by atoms with Crippen molar-refractivity contribution in [2.45, 2.75) is 0 Å². The Hall–Kier alpha value is -3.00. The van der Waals surface area contributed by atoms with Crippen LogP contribution in [0.25, 0.3) is 6.08 Å². The van der Waals surface area contributed by atoms with Crippen LogP contribution in [0.4, 0.5) is 5.69 Å². The first kappa shape index (κ1) is 12.5. The molecule has 1 aromatic heterocycles. The van der Waals surface area contributed by atoms with Crippen LogP contribution in [0.1, 0.15) is 5.76 Å². The summed E-state index contributed by atoms with van der Waals surface area (Å²) in [5.41, 5.74) is 0.423. The molecule has 0 saturated carbocycles. The van der Waals surface area contributed by atoms with Gasteiger partial charge in [0.25, 0.3) is 5.91 Å².